The van der Waals surface area contributed by atoms with Crippen LogP contribution < -0.4 is 5.32 Å². The van der Waals surface area contributed by atoms with Crippen LogP contribution in [-0.4, -0.2) is 55.0 Å². The summed E-state index contributed by atoms with van der Waals surface area (Å²) < 4.78 is 11.8. The van der Waals surface area contributed by atoms with Crippen LogP contribution in [-0.2, 0) is 9.47 Å². The lowest BCUT2D eigenvalue weighted by molar-refractivity contribution is 0.0191. The Morgan fingerprint density at radius 2 is 1.54 bits per heavy atom. The van der Waals surface area contributed by atoms with E-state index in [1.807, 2.05) is 25.7 Å². The van der Waals surface area contributed by atoms with Gasteiger partial charge in [-0.2, -0.15) is 0 Å². The molecule has 5 nitrogen and oxygen atoms in total. The quantitative estimate of drug-likeness (QED) is 0.391. The highest BCUT2D eigenvalue weighted by Crippen LogP contribution is 2.19. The van der Waals surface area contributed by atoms with Crippen molar-refractivity contribution in [3.8, 4) is 0 Å². The molecule has 1 saturated heterocycles. The average Bonchev–Trinajstić information content (AvgIpc) is 3.03. The highest BCUT2D eigenvalue weighted by atomic mass is 16.6. The Morgan fingerprint density at radius 1 is 0.929 bits per heavy atom. The Hall–Kier alpha value is -0.810. The molecule has 0 spiro atoms. The molecule has 1 rings (SSSR count). The Bertz CT molecular complexity index is 385. The first kappa shape index (κ1) is 25.2. The number of nitrogens with one attached hydrogen (secondary N) is 1. The van der Waals surface area contributed by atoms with Crippen molar-refractivity contribution in [2.45, 2.75) is 117 Å². The average molecular weight is 399 g/mol. The zero-order chi connectivity index (χ0) is 20.8. The number of hydrogen-bond donors (Lipinski definition) is 1. The fourth-order valence-corrected chi connectivity index (χ4v) is 3.57. The summed E-state index contributed by atoms with van der Waals surface area (Å²) in [7, 11) is 0. The predicted octanol–water partition coefficient (Wildman–Crippen LogP) is 5.52. The topological polar surface area (TPSA) is 50.8 Å². The maximum absolute atomic E-state index is 12.5. The fraction of sp³-hybridized carbons (Fsp3) is 0.957. The van der Waals surface area contributed by atoms with E-state index in [9.17, 15) is 4.79 Å². The predicted molar refractivity (Wildman–Crippen MR) is 117 cm³/mol. The van der Waals surface area contributed by atoms with Crippen molar-refractivity contribution in [1.29, 1.82) is 0 Å². The van der Waals surface area contributed by atoms with Crippen LogP contribution in [0.1, 0.15) is 98.8 Å². The fourth-order valence-electron chi connectivity index (χ4n) is 3.57. The summed E-state index contributed by atoms with van der Waals surface area (Å²) in [5.41, 5.74) is -0.461. The highest BCUT2D eigenvalue weighted by Gasteiger charge is 2.37. The van der Waals surface area contributed by atoms with Crippen LogP contribution in [0.4, 0.5) is 4.79 Å². The van der Waals surface area contributed by atoms with E-state index >= 15 is 0 Å². The lowest BCUT2D eigenvalue weighted by Gasteiger charge is -2.24. The Morgan fingerprint density at radius 3 is 2.14 bits per heavy atom. The van der Waals surface area contributed by atoms with Crippen LogP contribution in [0.25, 0.3) is 0 Å². The molecule has 1 fully saturated rings. The number of likely N-dealkylation sites (tertiary alicyclic amines) is 1. The van der Waals surface area contributed by atoms with E-state index in [0.717, 1.165) is 19.6 Å². The molecule has 0 aromatic carbocycles. The van der Waals surface area contributed by atoms with E-state index in [4.69, 9.17) is 9.47 Å². The Balaban J connectivity index is 2.43. The molecule has 1 heterocycles. The third-order valence-electron chi connectivity index (χ3n) is 5.18. The van der Waals surface area contributed by atoms with Gasteiger partial charge >= 0.3 is 6.09 Å². The van der Waals surface area contributed by atoms with Crippen molar-refractivity contribution in [1.82, 2.24) is 10.2 Å². The second kappa shape index (κ2) is 14.2. The summed E-state index contributed by atoms with van der Waals surface area (Å²) in [6, 6.07) is 0.203. The smallest absolute Gasteiger partial charge is 0.410 e. The summed E-state index contributed by atoms with van der Waals surface area (Å²) in [6.07, 6.45) is 12.4. The molecule has 5 heteroatoms. The molecule has 28 heavy (non-hydrogen) atoms. The van der Waals surface area contributed by atoms with Crippen LogP contribution in [0.15, 0.2) is 0 Å². The summed E-state index contributed by atoms with van der Waals surface area (Å²) in [6.45, 7) is 13.3. The van der Waals surface area contributed by atoms with Crippen molar-refractivity contribution in [3.63, 3.8) is 0 Å². The molecule has 166 valence electrons. The molecule has 1 aliphatic rings. The number of carbonyl (C=O) groups is 1. The molecule has 0 saturated carbocycles. The van der Waals surface area contributed by atoms with Crippen molar-refractivity contribution >= 4 is 6.09 Å². The molecule has 1 amide bonds. The molecule has 0 aromatic rings. The maximum Gasteiger partial charge on any atom is 0.410 e. The van der Waals surface area contributed by atoms with Gasteiger partial charge in [-0.1, -0.05) is 65.2 Å². The molecular weight excluding hydrogens is 352 g/mol. The van der Waals surface area contributed by atoms with E-state index in [2.05, 4.69) is 19.2 Å². The van der Waals surface area contributed by atoms with E-state index in [1.165, 1.54) is 57.8 Å². The minimum Gasteiger partial charge on any atom is -0.444 e. The second-order valence-electron chi connectivity index (χ2n) is 9.18. The lowest BCUT2D eigenvalue weighted by atomic mass is 10.1. The van der Waals surface area contributed by atoms with Gasteiger partial charge in [0.25, 0.3) is 0 Å². The third-order valence-corrected chi connectivity index (χ3v) is 5.18. The second-order valence-corrected chi connectivity index (χ2v) is 9.18. The lowest BCUT2D eigenvalue weighted by Crippen LogP contribution is -2.41. The van der Waals surface area contributed by atoms with Gasteiger partial charge in [0.1, 0.15) is 5.60 Å². The number of nitrogens with zero attached hydrogens (tertiary/aromatic N) is 1. The summed E-state index contributed by atoms with van der Waals surface area (Å²) >= 11 is 0. The zero-order valence-corrected chi connectivity index (χ0v) is 19.2. The molecule has 0 aliphatic carbocycles. The van der Waals surface area contributed by atoms with E-state index < -0.39 is 5.60 Å². The molecule has 2 atom stereocenters. The van der Waals surface area contributed by atoms with Crippen LogP contribution in [0.2, 0.25) is 0 Å². The van der Waals surface area contributed by atoms with Crippen molar-refractivity contribution in [2.24, 2.45) is 0 Å². The van der Waals surface area contributed by atoms with Crippen LogP contribution >= 0.6 is 0 Å². The normalized spacial score (nSPS) is 20.0. The van der Waals surface area contributed by atoms with E-state index in [0.29, 0.717) is 13.1 Å². The first-order chi connectivity index (χ1) is 13.4. The van der Waals surface area contributed by atoms with Gasteiger partial charge in [0.15, 0.2) is 0 Å². The Labute approximate surface area is 173 Å². The van der Waals surface area contributed by atoms with Crippen LogP contribution in [0.3, 0.4) is 0 Å². The van der Waals surface area contributed by atoms with Crippen LogP contribution in [0, 0.1) is 0 Å². The largest absolute Gasteiger partial charge is 0.444 e. The SMILES string of the molecule is CCCCCCCN[C@H]1CN(C(=O)OC(C)(C)C)C[C@@H]1OCCCCCCC. The number of rotatable bonds is 14. The van der Waals surface area contributed by atoms with Crippen LogP contribution in [0.5, 0.6) is 0 Å². The monoisotopic (exact) mass is 398 g/mol. The number of ether oxygens (including phenoxy) is 2. The van der Waals surface area contributed by atoms with Gasteiger partial charge in [-0.15, -0.1) is 0 Å². The van der Waals surface area contributed by atoms with Crippen molar-refractivity contribution in [3.05, 3.63) is 0 Å². The first-order valence-corrected chi connectivity index (χ1v) is 11.7. The van der Waals surface area contributed by atoms with E-state index in [1.54, 1.807) is 0 Å². The zero-order valence-electron chi connectivity index (χ0n) is 19.2. The van der Waals surface area contributed by atoms with Crippen molar-refractivity contribution in [2.75, 3.05) is 26.2 Å². The van der Waals surface area contributed by atoms with Gasteiger partial charge in [-0.05, 0) is 40.2 Å². The van der Waals surface area contributed by atoms with E-state index in [-0.39, 0.29) is 18.2 Å². The molecule has 0 unspecified atom stereocenters. The summed E-state index contributed by atoms with van der Waals surface area (Å²) in [4.78, 5) is 14.3. The number of unbranched alkanes of at least 4 members (excludes halogenated alkanes) is 8. The standard InChI is InChI=1S/C23H46N2O3/c1-6-8-10-12-14-16-24-20-18-25(22(26)28-23(3,4)5)19-21(20)27-17-15-13-11-9-7-2/h20-21,24H,6-19H2,1-5H3/t20-,21-/m0/s1. The molecular formula is C23H46N2O3. The molecule has 0 aromatic heterocycles. The van der Waals surface area contributed by atoms with Gasteiger partial charge in [-0.25, -0.2) is 4.79 Å². The van der Waals surface area contributed by atoms with Gasteiger partial charge in [0, 0.05) is 13.2 Å². The molecule has 1 N–H and O–H groups in total. The first-order valence-electron chi connectivity index (χ1n) is 11.7. The molecule has 0 bridgehead atoms. The molecule has 0 radical (unpaired) electrons. The summed E-state index contributed by atoms with van der Waals surface area (Å²) in [5, 5.41) is 3.64. The minimum absolute atomic E-state index is 0.0642. The van der Waals surface area contributed by atoms with Gasteiger partial charge in [0.2, 0.25) is 0 Å². The number of hydrogen-bond acceptors (Lipinski definition) is 4. The van der Waals surface area contributed by atoms with Gasteiger partial charge in [-0.3, -0.25) is 0 Å². The molecule has 1 aliphatic heterocycles. The number of amides is 1. The van der Waals surface area contributed by atoms with Gasteiger partial charge in [0.05, 0.1) is 18.7 Å². The Kier molecular flexibility index (Phi) is 12.8. The van der Waals surface area contributed by atoms with Gasteiger partial charge < -0.3 is 19.7 Å². The maximum atomic E-state index is 12.5. The van der Waals surface area contributed by atoms with Crippen molar-refractivity contribution < 1.29 is 14.3 Å². The minimum atomic E-state index is -0.461. The number of carbonyl (C=O) groups excluding carboxylic acids is 1. The summed E-state index contributed by atoms with van der Waals surface area (Å²) in [5.74, 6) is 0. The third kappa shape index (κ3) is 11.3. The highest BCUT2D eigenvalue weighted by molar-refractivity contribution is 5.68.